The molecule has 8 heteroatoms. The Kier molecular flexibility index (Phi) is 5.00. The van der Waals surface area contributed by atoms with Crippen molar-refractivity contribution in [2.75, 3.05) is 11.1 Å². The zero-order valence-corrected chi connectivity index (χ0v) is 12.4. The highest BCUT2D eigenvalue weighted by Crippen LogP contribution is 2.31. The van der Waals surface area contributed by atoms with Gasteiger partial charge in [-0.15, -0.1) is 0 Å². The highest BCUT2D eigenvalue weighted by Gasteiger charge is 2.26. The number of carbonyl (C=O) groups is 1. The molecule has 114 valence electrons. The van der Waals surface area contributed by atoms with Crippen LogP contribution in [-0.2, 0) is 0 Å². The van der Waals surface area contributed by atoms with Gasteiger partial charge < -0.3 is 10.4 Å². The largest absolute Gasteiger partial charge is 0.477 e. The summed E-state index contributed by atoms with van der Waals surface area (Å²) in [5.41, 5.74) is -0.825. The first kappa shape index (κ1) is 15.6. The molecule has 2 rings (SSSR count). The molecule has 0 bridgehead atoms. The maximum atomic E-state index is 11.1. The van der Waals surface area contributed by atoms with Gasteiger partial charge in [0.25, 0.3) is 0 Å². The molecular weight excluding hydrogens is 294 g/mol. The standard InChI is InChI=1S/C13H17N3O4S/c1-2-21-9-4-3-8(5-9)15-12-6-10(13(17)18)11(7-14-12)16(19)20/h6-9H,2-5H2,1H3,(H,14,15)(H,17,18). The summed E-state index contributed by atoms with van der Waals surface area (Å²) in [6.07, 6.45) is 4.12. The van der Waals surface area contributed by atoms with Crippen LogP contribution in [0.2, 0.25) is 0 Å². The molecule has 0 saturated heterocycles. The Morgan fingerprint density at radius 2 is 2.38 bits per heavy atom. The fraction of sp³-hybridized carbons (Fsp3) is 0.538. The lowest BCUT2D eigenvalue weighted by atomic mass is 10.2. The molecule has 1 aromatic heterocycles. The normalized spacial score (nSPS) is 21.2. The van der Waals surface area contributed by atoms with Crippen molar-refractivity contribution in [2.24, 2.45) is 0 Å². The number of carboxylic acids is 1. The Labute approximate surface area is 126 Å². The van der Waals surface area contributed by atoms with Crippen LogP contribution in [0.1, 0.15) is 36.5 Å². The van der Waals surface area contributed by atoms with E-state index in [9.17, 15) is 14.9 Å². The van der Waals surface area contributed by atoms with Gasteiger partial charge in [-0.1, -0.05) is 6.92 Å². The maximum absolute atomic E-state index is 11.1. The Morgan fingerprint density at radius 3 is 3.00 bits per heavy atom. The van der Waals surface area contributed by atoms with E-state index in [-0.39, 0.29) is 11.6 Å². The van der Waals surface area contributed by atoms with E-state index in [4.69, 9.17) is 5.11 Å². The van der Waals surface area contributed by atoms with E-state index >= 15 is 0 Å². The second-order valence-electron chi connectivity index (χ2n) is 4.88. The van der Waals surface area contributed by atoms with E-state index in [1.807, 2.05) is 11.8 Å². The number of pyridine rings is 1. The van der Waals surface area contributed by atoms with Gasteiger partial charge in [-0.25, -0.2) is 9.78 Å². The Bertz CT molecular complexity index is 552. The van der Waals surface area contributed by atoms with Gasteiger partial charge in [-0.2, -0.15) is 11.8 Å². The molecule has 2 unspecified atom stereocenters. The first-order valence-corrected chi connectivity index (χ1v) is 7.82. The molecule has 1 aliphatic carbocycles. The smallest absolute Gasteiger partial charge is 0.342 e. The Morgan fingerprint density at radius 1 is 1.62 bits per heavy atom. The topological polar surface area (TPSA) is 105 Å². The molecule has 2 atom stereocenters. The highest BCUT2D eigenvalue weighted by atomic mass is 32.2. The van der Waals surface area contributed by atoms with Crippen LogP contribution in [0.3, 0.4) is 0 Å². The van der Waals surface area contributed by atoms with Crippen LogP contribution in [0.15, 0.2) is 12.3 Å². The summed E-state index contributed by atoms with van der Waals surface area (Å²) in [6.45, 7) is 2.13. The summed E-state index contributed by atoms with van der Waals surface area (Å²) in [6, 6.07) is 1.48. The van der Waals surface area contributed by atoms with Gasteiger partial charge >= 0.3 is 11.7 Å². The molecule has 1 saturated carbocycles. The molecule has 0 amide bonds. The van der Waals surface area contributed by atoms with Crippen molar-refractivity contribution in [1.82, 2.24) is 4.98 Å². The molecular formula is C13H17N3O4S. The highest BCUT2D eigenvalue weighted by molar-refractivity contribution is 7.99. The van der Waals surface area contributed by atoms with Crippen molar-refractivity contribution in [2.45, 2.75) is 37.5 Å². The van der Waals surface area contributed by atoms with E-state index < -0.39 is 16.6 Å². The van der Waals surface area contributed by atoms with Gasteiger partial charge in [0, 0.05) is 17.4 Å². The lowest BCUT2D eigenvalue weighted by molar-refractivity contribution is -0.385. The summed E-state index contributed by atoms with van der Waals surface area (Å²) < 4.78 is 0. The monoisotopic (exact) mass is 311 g/mol. The van der Waals surface area contributed by atoms with Crippen LogP contribution in [0, 0.1) is 10.1 Å². The molecule has 21 heavy (non-hydrogen) atoms. The van der Waals surface area contributed by atoms with Gasteiger partial charge in [0.15, 0.2) is 0 Å². The third kappa shape index (κ3) is 3.84. The second kappa shape index (κ2) is 6.75. The minimum atomic E-state index is -1.32. The number of thioether (sulfide) groups is 1. The first-order chi connectivity index (χ1) is 10.0. The zero-order chi connectivity index (χ0) is 15.4. The molecule has 0 spiro atoms. The minimum Gasteiger partial charge on any atom is -0.477 e. The third-order valence-electron chi connectivity index (χ3n) is 3.45. The maximum Gasteiger partial charge on any atom is 0.342 e. The van der Waals surface area contributed by atoms with E-state index in [0.29, 0.717) is 11.1 Å². The van der Waals surface area contributed by atoms with E-state index in [0.717, 1.165) is 31.2 Å². The van der Waals surface area contributed by atoms with Gasteiger partial charge in [0.05, 0.1) is 4.92 Å². The van der Waals surface area contributed by atoms with Crippen molar-refractivity contribution in [3.63, 3.8) is 0 Å². The number of hydrogen-bond donors (Lipinski definition) is 2. The van der Waals surface area contributed by atoms with Crippen LogP contribution >= 0.6 is 11.8 Å². The van der Waals surface area contributed by atoms with E-state index in [1.54, 1.807) is 0 Å². The number of hydrogen-bond acceptors (Lipinski definition) is 6. The predicted molar refractivity (Wildman–Crippen MR) is 81.0 cm³/mol. The number of rotatable bonds is 6. The lowest BCUT2D eigenvalue weighted by Crippen LogP contribution is -2.17. The van der Waals surface area contributed by atoms with Crippen LogP contribution in [0.4, 0.5) is 11.5 Å². The molecule has 1 fully saturated rings. The van der Waals surface area contributed by atoms with Crippen molar-refractivity contribution in [3.8, 4) is 0 Å². The van der Waals surface area contributed by atoms with Crippen molar-refractivity contribution in [3.05, 3.63) is 27.9 Å². The number of nitrogens with zero attached hydrogens (tertiary/aromatic N) is 2. The number of nitrogens with one attached hydrogen (secondary N) is 1. The number of carboxylic acid groups (broad SMARTS) is 1. The fourth-order valence-corrected chi connectivity index (χ4v) is 3.65. The zero-order valence-electron chi connectivity index (χ0n) is 11.6. The van der Waals surface area contributed by atoms with Gasteiger partial charge in [0.2, 0.25) is 0 Å². The molecule has 0 radical (unpaired) electrons. The van der Waals surface area contributed by atoms with Gasteiger partial charge in [0.1, 0.15) is 17.6 Å². The molecule has 0 aromatic carbocycles. The Hall–Kier alpha value is -1.83. The number of aromatic carboxylic acids is 1. The lowest BCUT2D eigenvalue weighted by Gasteiger charge is -2.14. The number of anilines is 1. The quantitative estimate of drug-likeness (QED) is 0.614. The van der Waals surface area contributed by atoms with Crippen LogP contribution < -0.4 is 5.32 Å². The first-order valence-electron chi connectivity index (χ1n) is 6.77. The predicted octanol–water partition coefficient (Wildman–Crippen LogP) is 2.77. The summed E-state index contributed by atoms with van der Waals surface area (Å²) in [5.74, 6) is 0.138. The second-order valence-corrected chi connectivity index (χ2v) is 6.46. The third-order valence-corrected chi connectivity index (χ3v) is 4.68. The fourth-order valence-electron chi connectivity index (χ4n) is 2.51. The molecule has 1 aromatic rings. The van der Waals surface area contributed by atoms with Crippen molar-refractivity contribution in [1.29, 1.82) is 0 Å². The summed E-state index contributed by atoms with van der Waals surface area (Å²) >= 11 is 1.92. The van der Waals surface area contributed by atoms with Crippen LogP contribution in [-0.4, -0.2) is 38.0 Å². The van der Waals surface area contributed by atoms with E-state index in [2.05, 4.69) is 17.2 Å². The Balaban J connectivity index is 2.09. The molecule has 2 N–H and O–H groups in total. The van der Waals surface area contributed by atoms with Crippen molar-refractivity contribution >= 4 is 29.2 Å². The number of nitro groups is 1. The minimum absolute atomic E-state index is 0.240. The molecule has 1 heterocycles. The molecule has 1 aliphatic rings. The van der Waals surface area contributed by atoms with E-state index in [1.165, 1.54) is 6.07 Å². The van der Waals surface area contributed by atoms with Crippen LogP contribution in [0.5, 0.6) is 0 Å². The molecule has 0 aliphatic heterocycles. The van der Waals surface area contributed by atoms with Crippen LogP contribution in [0.25, 0.3) is 0 Å². The molecule has 7 nitrogen and oxygen atoms in total. The average molecular weight is 311 g/mol. The average Bonchev–Trinajstić information content (AvgIpc) is 2.86. The summed E-state index contributed by atoms with van der Waals surface area (Å²) in [7, 11) is 0. The SMILES string of the molecule is CCSC1CCC(Nc2cc(C(=O)O)c([N+](=O)[O-])cn2)C1. The van der Waals surface area contributed by atoms with Crippen molar-refractivity contribution < 1.29 is 14.8 Å². The summed E-state index contributed by atoms with van der Waals surface area (Å²) in [5, 5.41) is 23.6. The van der Waals surface area contributed by atoms with Gasteiger partial charge in [-0.3, -0.25) is 10.1 Å². The summed E-state index contributed by atoms with van der Waals surface area (Å²) in [4.78, 5) is 25.1. The number of aromatic nitrogens is 1. The van der Waals surface area contributed by atoms with Gasteiger partial charge in [-0.05, 0) is 25.0 Å².